The van der Waals surface area contributed by atoms with Crippen molar-refractivity contribution in [1.82, 2.24) is 14.7 Å². The Kier molecular flexibility index (Phi) is 7.73. The predicted molar refractivity (Wildman–Crippen MR) is 149 cm³/mol. The van der Waals surface area contributed by atoms with Crippen LogP contribution < -0.4 is 24.5 Å². The number of ether oxygens (including phenoxy) is 3. The van der Waals surface area contributed by atoms with Crippen LogP contribution in [0.2, 0.25) is 0 Å². The van der Waals surface area contributed by atoms with Gasteiger partial charge >= 0.3 is 0 Å². The molecule has 2 N–H and O–H groups in total. The Morgan fingerprint density at radius 1 is 0.974 bits per heavy atom. The molecule has 11 heteroatoms. The molecule has 0 spiro atoms. The number of pyridine rings is 2. The maximum absolute atomic E-state index is 13.3. The van der Waals surface area contributed by atoms with Gasteiger partial charge in [0.15, 0.2) is 4.90 Å². The molecular formula is C28H31N3O7S. The molecule has 0 radical (unpaired) electrons. The second-order valence-electron chi connectivity index (χ2n) is 8.74. The van der Waals surface area contributed by atoms with E-state index in [9.17, 15) is 18.0 Å². The Labute approximate surface area is 228 Å². The summed E-state index contributed by atoms with van der Waals surface area (Å²) in [5.74, 6) is 0.370. The van der Waals surface area contributed by atoms with Crippen LogP contribution >= 0.6 is 0 Å². The molecule has 0 aliphatic carbocycles. The van der Waals surface area contributed by atoms with Gasteiger partial charge in [-0.25, -0.2) is 18.1 Å². The third-order valence-electron chi connectivity index (χ3n) is 5.89. The number of carbonyl (C=O) groups is 1. The van der Waals surface area contributed by atoms with Crippen LogP contribution in [0.25, 0.3) is 11.3 Å². The molecule has 4 aromatic rings. The molecule has 2 aromatic heterocycles. The smallest absolute Gasteiger partial charge is 0.270 e. The normalized spacial score (nSPS) is 11.1. The molecule has 0 bridgehead atoms. The lowest BCUT2D eigenvalue weighted by Crippen LogP contribution is -2.34. The summed E-state index contributed by atoms with van der Waals surface area (Å²) in [4.78, 5) is 31.6. The second-order valence-corrected chi connectivity index (χ2v) is 10.4. The van der Waals surface area contributed by atoms with E-state index in [1.807, 2.05) is 37.6 Å². The number of aromatic amines is 1. The fourth-order valence-electron chi connectivity index (χ4n) is 4.13. The number of benzene rings is 2. The number of H-pyrrole nitrogens is 1. The quantitative estimate of drug-likeness (QED) is 0.318. The largest absolute Gasteiger partial charge is 0.497 e. The van der Waals surface area contributed by atoms with Gasteiger partial charge in [0.1, 0.15) is 22.8 Å². The SMILES string of the molecule is COc1ccc(OC)c(-c2ccc(C(=O)NS(=O)(=O)c3ccc[nH]c3=O)c(Oc3c(C)cc(C)cc3C)n2)c1.[HH].[HH]. The minimum atomic E-state index is -4.50. The van der Waals surface area contributed by atoms with E-state index in [1.165, 1.54) is 38.6 Å². The van der Waals surface area contributed by atoms with Gasteiger partial charge in [-0.05, 0) is 74.4 Å². The average molecular weight is 554 g/mol. The molecule has 0 unspecified atom stereocenters. The van der Waals surface area contributed by atoms with Crippen LogP contribution in [-0.4, -0.2) is 38.5 Å². The van der Waals surface area contributed by atoms with Crippen LogP contribution in [0.4, 0.5) is 0 Å². The van der Waals surface area contributed by atoms with Crippen molar-refractivity contribution in [2.45, 2.75) is 25.7 Å². The van der Waals surface area contributed by atoms with Crippen molar-refractivity contribution < 1.29 is 30.3 Å². The van der Waals surface area contributed by atoms with Crippen molar-refractivity contribution in [2.24, 2.45) is 0 Å². The van der Waals surface area contributed by atoms with E-state index in [2.05, 4.69) is 9.97 Å². The third-order valence-corrected chi connectivity index (χ3v) is 7.24. The van der Waals surface area contributed by atoms with E-state index >= 15 is 0 Å². The average Bonchev–Trinajstić information content (AvgIpc) is 2.90. The number of aromatic nitrogens is 2. The van der Waals surface area contributed by atoms with E-state index in [0.717, 1.165) is 22.8 Å². The van der Waals surface area contributed by atoms with Crippen LogP contribution in [0.3, 0.4) is 0 Å². The number of aryl methyl sites for hydroxylation is 3. The molecule has 10 nitrogen and oxygen atoms in total. The van der Waals surface area contributed by atoms with E-state index in [-0.39, 0.29) is 14.3 Å². The summed E-state index contributed by atoms with van der Waals surface area (Å²) in [5.41, 5.74) is 2.56. The monoisotopic (exact) mass is 553 g/mol. The Balaban J connectivity index is 0.00000294. The molecule has 0 saturated carbocycles. The second kappa shape index (κ2) is 11.0. The number of hydrogen-bond donors (Lipinski definition) is 2. The number of carbonyl (C=O) groups excluding carboxylic acids is 1. The maximum atomic E-state index is 13.3. The van der Waals surface area contributed by atoms with E-state index in [4.69, 9.17) is 14.2 Å². The molecule has 2 heterocycles. The van der Waals surface area contributed by atoms with Gasteiger partial charge in [0.2, 0.25) is 5.88 Å². The molecule has 39 heavy (non-hydrogen) atoms. The summed E-state index contributed by atoms with van der Waals surface area (Å²) < 4.78 is 44.6. The van der Waals surface area contributed by atoms with Gasteiger partial charge in [0.25, 0.3) is 21.5 Å². The predicted octanol–water partition coefficient (Wildman–Crippen LogP) is 4.78. The van der Waals surface area contributed by atoms with Crippen molar-refractivity contribution >= 4 is 15.9 Å². The van der Waals surface area contributed by atoms with E-state index in [0.29, 0.717) is 28.5 Å². The highest BCUT2D eigenvalue weighted by Gasteiger charge is 2.26. The fraction of sp³-hybridized carbons (Fsp3) is 0.179. The van der Waals surface area contributed by atoms with Crippen molar-refractivity contribution in [3.63, 3.8) is 0 Å². The number of hydrogen-bond acceptors (Lipinski definition) is 8. The van der Waals surface area contributed by atoms with E-state index in [1.54, 1.807) is 18.2 Å². The Bertz CT molecular complexity index is 1720. The Hall–Kier alpha value is -4.64. The summed E-state index contributed by atoms with van der Waals surface area (Å²) in [6.45, 7) is 5.67. The standard InChI is InChI=1S/C28H27N3O7S.2H2/c1-16-13-17(2)25(18(3)14-16)38-28-20(26(32)31-39(34,35)24-7-6-12-29-27(24)33)9-10-22(30-28)21-15-19(36-4)8-11-23(21)37-5;;/h6-15H,1-5H3,(H,29,33)(H,31,32);2*1H. The fourth-order valence-corrected chi connectivity index (χ4v) is 5.15. The minimum absolute atomic E-state index is 0. The minimum Gasteiger partial charge on any atom is -0.497 e. The van der Waals surface area contributed by atoms with Crippen molar-refractivity contribution in [3.8, 4) is 34.4 Å². The number of rotatable bonds is 8. The molecule has 0 aliphatic heterocycles. The lowest BCUT2D eigenvalue weighted by molar-refractivity contribution is 0.0978. The third kappa shape index (κ3) is 5.78. The number of methoxy groups -OCH3 is 2. The highest BCUT2D eigenvalue weighted by Crippen LogP contribution is 2.36. The summed E-state index contributed by atoms with van der Waals surface area (Å²) in [5, 5.41) is 0. The summed E-state index contributed by atoms with van der Waals surface area (Å²) in [6.07, 6.45) is 1.29. The van der Waals surface area contributed by atoms with Crippen LogP contribution in [0, 0.1) is 20.8 Å². The zero-order valence-electron chi connectivity index (χ0n) is 22.0. The zero-order chi connectivity index (χ0) is 28.3. The van der Waals surface area contributed by atoms with E-state index < -0.39 is 26.4 Å². The highest BCUT2D eigenvalue weighted by molar-refractivity contribution is 7.90. The number of amides is 1. The number of nitrogens with zero attached hydrogens (tertiary/aromatic N) is 1. The lowest BCUT2D eigenvalue weighted by Gasteiger charge is -2.17. The lowest BCUT2D eigenvalue weighted by atomic mass is 10.1. The first kappa shape index (κ1) is 27.4. The van der Waals surface area contributed by atoms with Crippen LogP contribution in [0.1, 0.15) is 29.9 Å². The molecule has 4 rings (SSSR count). The molecule has 1 amide bonds. The van der Waals surface area contributed by atoms with Gasteiger partial charge in [0, 0.05) is 14.6 Å². The van der Waals surface area contributed by atoms with Crippen LogP contribution in [0.15, 0.2) is 70.5 Å². The van der Waals surface area contributed by atoms with Crippen molar-refractivity contribution in [3.05, 3.63) is 93.4 Å². The van der Waals surface area contributed by atoms with Gasteiger partial charge in [-0.1, -0.05) is 17.7 Å². The zero-order valence-corrected chi connectivity index (χ0v) is 22.8. The van der Waals surface area contributed by atoms with Gasteiger partial charge in [0.05, 0.1) is 19.9 Å². The molecule has 0 saturated heterocycles. The summed E-state index contributed by atoms with van der Waals surface area (Å²) in [6, 6.07) is 14.4. The first-order valence-electron chi connectivity index (χ1n) is 11.8. The van der Waals surface area contributed by atoms with Crippen molar-refractivity contribution in [2.75, 3.05) is 14.2 Å². The first-order valence-corrected chi connectivity index (χ1v) is 13.3. The number of nitrogens with one attached hydrogen (secondary N) is 2. The van der Waals surface area contributed by atoms with Crippen molar-refractivity contribution in [1.29, 1.82) is 0 Å². The topological polar surface area (TPSA) is 137 Å². The maximum Gasteiger partial charge on any atom is 0.270 e. The molecular weight excluding hydrogens is 522 g/mol. The Morgan fingerprint density at radius 2 is 1.69 bits per heavy atom. The van der Waals surface area contributed by atoms with Crippen LogP contribution in [-0.2, 0) is 10.0 Å². The summed E-state index contributed by atoms with van der Waals surface area (Å²) in [7, 11) is -1.45. The molecule has 0 aliphatic rings. The first-order chi connectivity index (χ1) is 18.5. The molecule has 0 fully saturated rings. The van der Waals surface area contributed by atoms with Gasteiger partial charge in [-0.3, -0.25) is 9.59 Å². The highest BCUT2D eigenvalue weighted by atomic mass is 32.2. The number of sulfonamides is 1. The Morgan fingerprint density at radius 3 is 2.33 bits per heavy atom. The van der Waals surface area contributed by atoms with Gasteiger partial charge in [-0.15, -0.1) is 0 Å². The van der Waals surface area contributed by atoms with Gasteiger partial charge < -0.3 is 19.2 Å². The molecule has 0 atom stereocenters. The molecule has 206 valence electrons. The summed E-state index contributed by atoms with van der Waals surface area (Å²) >= 11 is 0. The molecule has 2 aromatic carbocycles. The van der Waals surface area contributed by atoms with Gasteiger partial charge in [-0.2, -0.15) is 0 Å². The van der Waals surface area contributed by atoms with Crippen LogP contribution in [0.5, 0.6) is 23.1 Å².